The van der Waals surface area contributed by atoms with Crippen LogP contribution in [0.5, 0.6) is 0 Å². The van der Waals surface area contributed by atoms with Crippen molar-refractivity contribution in [2.24, 2.45) is 0 Å². The van der Waals surface area contributed by atoms with E-state index < -0.39 is 0 Å². The number of allylic oxidation sites excluding steroid dienone is 1. The molecular weight excluding hydrogens is 246 g/mol. The molecule has 0 saturated carbocycles. The highest BCUT2D eigenvalue weighted by molar-refractivity contribution is 6.32. The van der Waals surface area contributed by atoms with Crippen LogP contribution in [-0.4, -0.2) is 38.1 Å². The Morgan fingerprint density at radius 3 is 2.61 bits per heavy atom. The standard InChI is InChI=1S/C14H16ClN3/c1-17-7-9-18(10-8-17)13-5-4-12(3-2-6-16)14(15)11-13/h2-5,11H,7-10H2,1H3. The molecule has 1 saturated heterocycles. The average molecular weight is 262 g/mol. The van der Waals surface area contributed by atoms with Crippen LogP contribution in [0.3, 0.4) is 0 Å². The van der Waals surface area contributed by atoms with Crippen molar-refractivity contribution in [2.45, 2.75) is 0 Å². The van der Waals surface area contributed by atoms with E-state index in [1.165, 1.54) is 6.08 Å². The molecule has 3 nitrogen and oxygen atoms in total. The number of piperazine rings is 1. The van der Waals surface area contributed by atoms with Crippen LogP contribution >= 0.6 is 11.6 Å². The van der Waals surface area contributed by atoms with Crippen molar-refractivity contribution in [1.82, 2.24) is 4.90 Å². The zero-order valence-electron chi connectivity index (χ0n) is 10.4. The number of rotatable bonds is 2. The summed E-state index contributed by atoms with van der Waals surface area (Å²) in [5.41, 5.74) is 2.04. The van der Waals surface area contributed by atoms with Gasteiger partial charge in [0.2, 0.25) is 0 Å². The molecule has 1 fully saturated rings. The van der Waals surface area contributed by atoms with Gasteiger partial charge < -0.3 is 9.80 Å². The summed E-state index contributed by atoms with van der Waals surface area (Å²) in [6, 6.07) is 7.97. The summed E-state index contributed by atoms with van der Waals surface area (Å²) in [6.07, 6.45) is 3.17. The molecule has 0 aliphatic carbocycles. The predicted octanol–water partition coefficient (Wildman–Crippen LogP) is 2.63. The number of anilines is 1. The molecule has 4 heteroatoms. The predicted molar refractivity (Wildman–Crippen MR) is 75.8 cm³/mol. The van der Waals surface area contributed by atoms with Crippen molar-refractivity contribution < 1.29 is 0 Å². The fourth-order valence-corrected chi connectivity index (χ4v) is 2.28. The van der Waals surface area contributed by atoms with Crippen molar-refractivity contribution in [3.8, 4) is 6.07 Å². The van der Waals surface area contributed by atoms with Gasteiger partial charge in [-0.05, 0) is 30.8 Å². The molecule has 1 aromatic carbocycles. The molecule has 0 spiro atoms. The first-order chi connectivity index (χ1) is 8.70. The van der Waals surface area contributed by atoms with E-state index in [1.807, 2.05) is 18.2 Å². The highest BCUT2D eigenvalue weighted by Crippen LogP contribution is 2.25. The summed E-state index contributed by atoms with van der Waals surface area (Å²) in [4.78, 5) is 4.66. The molecule has 0 aromatic heterocycles. The molecule has 0 amide bonds. The lowest BCUT2D eigenvalue weighted by Gasteiger charge is -2.34. The maximum absolute atomic E-state index is 8.51. The lowest BCUT2D eigenvalue weighted by molar-refractivity contribution is 0.313. The highest BCUT2D eigenvalue weighted by Gasteiger charge is 2.14. The van der Waals surface area contributed by atoms with Gasteiger partial charge >= 0.3 is 0 Å². The van der Waals surface area contributed by atoms with Gasteiger partial charge in [0.15, 0.2) is 0 Å². The maximum Gasteiger partial charge on any atom is 0.0912 e. The highest BCUT2D eigenvalue weighted by atomic mass is 35.5. The second-order valence-corrected chi connectivity index (χ2v) is 4.87. The molecule has 0 radical (unpaired) electrons. The molecule has 0 atom stereocenters. The Bertz CT molecular complexity index is 482. The van der Waals surface area contributed by atoms with E-state index in [-0.39, 0.29) is 0 Å². The van der Waals surface area contributed by atoms with Gasteiger partial charge in [-0.3, -0.25) is 0 Å². The minimum absolute atomic E-state index is 0.693. The van der Waals surface area contributed by atoms with E-state index in [4.69, 9.17) is 16.9 Å². The van der Waals surface area contributed by atoms with E-state index in [9.17, 15) is 0 Å². The first-order valence-corrected chi connectivity index (χ1v) is 6.38. The Hall–Kier alpha value is -1.50. The molecule has 1 aliphatic rings. The Morgan fingerprint density at radius 1 is 1.28 bits per heavy atom. The third-order valence-electron chi connectivity index (χ3n) is 3.19. The fraction of sp³-hybridized carbons (Fsp3) is 0.357. The number of halogens is 1. The second kappa shape index (κ2) is 5.90. The van der Waals surface area contributed by atoms with Crippen LogP contribution in [0.2, 0.25) is 5.02 Å². The van der Waals surface area contributed by atoms with Crippen LogP contribution in [0, 0.1) is 11.3 Å². The second-order valence-electron chi connectivity index (χ2n) is 4.46. The Labute approximate surface area is 113 Å². The summed E-state index contributed by atoms with van der Waals surface area (Å²) in [5, 5.41) is 9.20. The first-order valence-electron chi connectivity index (χ1n) is 6.00. The van der Waals surface area contributed by atoms with Crippen LogP contribution in [-0.2, 0) is 0 Å². The third-order valence-corrected chi connectivity index (χ3v) is 3.52. The molecule has 18 heavy (non-hydrogen) atoms. The van der Waals surface area contributed by atoms with Crippen molar-refractivity contribution in [3.63, 3.8) is 0 Å². The van der Waals surface area contributed by atoms with Gasteiger partial charge in [-0.25, -0.2) is 0 Å². The summed E-state index contributed by atoms with van der Waals surface area (Å²) >= 11 is 6.22. The van der Waals surface area contributed by atoms with E-state index in [1.54, 1.807) is 6.08 Å². The molecule has 0 bridgehead atoms. The SMILES string of the molecule is CN1CCN(c2ccc(C=CC#N)c(Cl)c2)CC1. The quantitative estimate of drug-likeness (QED) is 0.767. The molecule has 0 N–H and O–H groups in total. The topological polar surface area (TPSA) is 30.3 Å². The van der Waals surface area contributed by atoms with Crippen LogP contribution in [0.4, 0.5) is 5.69 Å². The van der Waals surface area contributed by atoms with Crippen LogP contribution in [0.1, 0.15) is 5.56 Å². The van der Waals surface area contributed by atoms with Crippen molar-refractivity contribution in [3.05, 3.63) is 34.9 Å². The molecule has 0 unspecified atom stereocenters. The fourth-order valence-electron chi connectivity index (χ4n) is 2.04. The van der Waals surface area contributed by atoms with Crippen molar-refractivity contribution in [1.29, 1.82) is 5.26 Å². The minimum Gasteiger partial charge on any atom is -0.369 e. The molecule has 1 aliphatic heterocycles. The number of hydrogen-bond acceptors (Lipinski definition) is 3. The number of benzene rings is 1. The molecule has 1 heterocycles. The monoisotopic (exact) mass is 261 g/mol. The van der Waals surface area contributed by atoms with Crippen molar-refractivity contribution >= 4 is 23.4 Å². The first kappa shape index (κ1) is 12.9. The number of nitrogens with zero attached hydrogens (tertiary/aromatic N) is 3. The summed E-state index contributed by atoms with van der Waals surface area (Å²) in [6.45, 7) is 4.21. The van der Waals surface area contributed by atoms with Gasteiger partial charge in [0.25, 0.3) is 0 Å². The maximum atomic E-state index is 8.51. The molecule has 94 valence electrons. The van der Waals surface area contributed by atoms with Gasteiger partial charge in [0.1, 0.15) is 0 Å². The third kappa shape index (κ3) is 3.04. The zero-order chi connectivity index (χ0) is 13.0. The molecule has 1 aromatic rings. The average Bonchev–Trinajstić information content (AvgIpc) is 2.38. The molecule has 2 rings (SSSR count). The zero-order valence-corrected chi connectivity index (χ0v) is 11.2. The van der Waals surface area contributed by atoms with Gasteiger partial charge in [-0.15, -0.1) is 0 Å². The Balaban J connectivity index is 2.14. The number of nitriles is 1. The van der Waals surface area contributed by atoms with Crippen LogP contribution in [0.15, 0.2) is 24.3 Å². The van der Waals surface area contributed by atoms with Crippen LogP contribution < -0.4 is 4.90 Å². The Morgan fingerprint density at radius 2 is 2.00 bits per heavy atom. The largest absolute Gasteiger partial charge is 0.369 e. The van der Waals surface area contributed by atoms with E-state index >= 15 is 0 Å². The van der Waals surface area contributed by atoms with Gasteiger partial charge in [-0.2, -0.15) is 5.26 Å². The van der Waals surface area contributed by atoms with Gasteiger partial charge in [0.05, 0.1) is 6.07 Å². The number of hydrogen-bond donors (Lipinski definition) is 0. The van der Waals surface area contributed by atoms with E-state index in [2.05, 4.69) is 22.9 Å². The van der Waals surface area contributed by atoms with Gasteiger partial charge in [0, 0.05) is 43.0 Å². The molecular formula is C14H16ClN3. The van der Waals surface area contributed by atoms with E-state index in [0.29, 0.717) is 5.02 Å². The lowest BCUT2D eigenvalue weighted by Crippen LogP contribution is -2.44. The van der Waals surface area contributed by atoms with Crippen LogP contribution in [0.25, 0.3) is 6.08 Å². The minimum atomic E-state index is 0.693. The van der Waals surface area contributed by atoms with Gasteiger partial charge in [-0.1, -0.05) is 17.7 Å². The Kier molecular flexibility index (Phi) is 4.24. The van der Waals surface area contributed by atoms with Crippen molar-refractivity contribution in [2.75, 3.05) is 38.1 Å². The lowest BCUT2D eigenvalue weighted by atomic mass is 10.1. The number of likely N-dealkylation sites (N-methyl/N-ethyl adjacent to an activating group) is 1. The summed E-state index contributed by atoms with van der Waals surface area (Å²) in [7, 11) is 2.14. The summed E-state index contributed by atoms with van der Waals surface area (Å²) < 4.78 is 0. The van der Waals surface area contributed by atoms with E-state index in [0.717, 1.165) is 37.4 Å². The normalized spacial score (nSPS) is 17.1. The smallest absolute Gasteiger partial charge is 0.0912 e. The summed E-state index contributed by atoms with van der Waals surface area (Å²) in [5.74, 6) is 0.